The van der Waals surface area contributed by atoms with E-state index in [0.29, 0.717) is 24.3 Å². The van der Waals surface area contributed by atoms with Crippen LogP contribution in [0, 0.1) is 16.7 Å². The van der Waals surface area contributed by atoms with Crippen LogP contribution < -0.4 is 11.1 Å². The summed E-state index contributed by atoms with van der Waals surface area (Å²) in [4.78, 5) is 13.9. The molecule has 1 rings (SSSR count). The SMILES string of the molecule is CN(CC(=O)Nc1ccc(C#N)cc1)CC(C)(C)CN. The molecule has 0 saturated heterocycles. The molecule has 0 fully saturated rings. The molecule has 0 aromatic heterocycles. The summed E-state index contributed by atoms with van der Waals surface area (Å²) in [5.41, 5.74) is 6.94. The highest BCUT2D eigenvalue weighted by Gasteiger charge is 2.19. The third-order valence-electron chi connectivity index (χ3n) is 2.96. The number of nitriles is 1. The summed E-state index contributed by atoms with van der Waals surface area (Å²) in [6.07, 6.45) is 0. The van der Waals surface area contributed by atoms with Gasteiger partial charge in [-0.15, -0.1) is 0 Å². The Morgan fingerprint density at radius 1 is 1.40 bits per heavy atom. The van der Waals surface area contributed by atoms with Gasteiger partial charge in [0.05, 0.1) is 18.2 Å². The molecule has 0 spiro atoms. The number of amides is 1. The Balaban J connectivity index is 2.49. The number of carbonyl (C=O) groups excluding carboxylic acids is 1. The Bertz CT molecular complexity index is 488. The number of nitrogens with one attached hydrogen (secondary N) is 1. The molecular weight excluding hydrogens is 252 g/mol. The maximum absolute atomic E-state index is 11.9. The van der Waals surface area contributed by atoms with Gasteiger partial charge in [-0.2, -0.15) is 5.26 Å². The quantitative estimate of drug-likeness (QED) is 0.821. The van der Waals surface area contributed by atoms with E-state index in [4.69, 9.17) is 11.0 Å². The number of hydrogen-bond acceptors (Lipinski definition) is 4. The molecule has 0 saturated carbocycles. The van der Waals surface area contributed by atoms with E-state index in [9.17, 15) is 4.79 Å². The summed E-state index contributed by atoms with van der Waals surface area (Å²) in [5, 5.41) is 11.5. The van der Waals surface area contributed by atoms with Crippen LogP contribution in [0.5, 0.6) is 0 Å². The van der Waals surface area contributed by atoms with Crippen molar-refractivity contribution in [1.82, 2.24) is 4.90 Å². The molecule has 0 radical (unpaired) electrons. The van der Waals surface area contributed by atoms with Gasteiger partial charge in [-0.05, 0) is 43.3 Å². The lowest BCUT2D eigenvalue weighted by Crippen LogP contribution is -2.40. The molecule has 0 bridgehead atoms. The van der Waals surface area contributed by atoms with Crippen molar-refractivity contribution in [3.8, 4) is 6.07 Å². The lowest BCUT2D eigenvalue weighted by molar-refractivity contribution is -0.117. The van der Waals surface area contributed by atoms with Gasteiger partial charge >= 0.3 is 0 Å². The van der Waals surface area contributed by atoms with E-state index in [2.05, 4.69) is 19.2 Å². The molecule has 3 N–H and O–H groups in total. The second-order valence-electron chi connectivity index (χ2n) is 5.78. The highest BCUT2D eigenvalue weighted by Crippen LogP contribution is 2.14. The molecule has 0 atom stereocenters. The van der Waals surface area contributed by atoms with Gasteiger partial charge in [0.25, 0.3) is 0 Å². The monoisotopic (exact) mass is 274 g/mol. The fourth-order valence-corrected chi connectivity index (χ4v) is 1.92. The van der Waals surface area contributed by atoms with Crippen molar-refractivity contribution in [2.75, 3.05) is 32.0 Å². The lowest BCUT2D eigenvalue weighted by atomic mass is 9.93. The highest BCUT2D eigenvalue weighted by molar-refractivity contribution is 5.92. The molecule has 0 aliphatic rings. The summed E-state index contributed by atoms with van der Waals surface area (Å²) < 4.78 is 0. The van der Waals surface area contributed by atoms with Crippen molar-refractivity contribution < 1.29 is 4.79 Å². The summed E-state index contributed by atoms with van der Waals surface area (Å²) in [6.45, 7) is 5.78. The van der Waals surface area contributed by atoms with E-state index in [0.717, 1.165) is 6.54 Å². The maximum atomic E-state index is 11.9. The highest BCUT2D eigenvalue weighted by atomic mass is 16.2. The number of carbonyl (C=O) groups is 1. The van der Waals surface area contributed by atoms with Gasteiger partial charge < -0.3 is 11.1 Å². The predicted molar refractivity (Wildman–Crippen MR) is 80.1 cm³/mol. The van der Waals surface area contributed by atoms with E-state index >= 15 is 0 Å². The second-order valence-corrected chi connectivity index (χ2v) is 5.78. The Morgan fingerprint density at radius 3 is 2.50 bits per heavy atom. The summed E-state index contributed by atoms with van der Waals surface area (Å²) in [6, 6.07) is 8.84. The van der Waals surface area contributed by atoms with Gasteiger partial charge in [0, 0.05) is 12.2 Å². The van der Waals surface area contributed by atoms with Crippen LogP contribution in [0.25, 0.3) is 0 Å². The number of nitrogens with zero attached hydrogens (tertiary/aromatic N) is 2. The Hall–Kier alpha value is -1.90. The van der Waals surface area contributed by atoms with Gasteiger partial charge in [-0.3, -0.25) is 9.69 Å². The van der Waals surface area contributed by atoms with Crippen molar-refractivity contribution >= 4 is 11.6 Å². The fourth-order valence-electron chi connectivity index (χ4n) is 1.92. The minimum Gasteiger partial charge on any atom is -0.330 e. The third-order valence-corrected chi connectivity index (χ3v) is 2.96. The van der Waals surface area contributed by atoms with Gasteiger partial charge in [-0.1, -0.05) is 13.8 Å². The van der Waals surface area contributed by atoms with Crippen molar-refractivity contribution in [2.45, 2.75) is 13.8 Å². The maximum Gasteiger partial charge on any atom is 0.238 e. The molecule has 1 aromatic carbocycles. The average Bonchev–Trinajstić information content (AvgIpc) is 2.38. The number of hydrogen-bond donors (Lipinski definition) is 2. The molecular formula is C15H22N4O. The van der Waals surface area contributed by atoms with Gasteiger partial charge in [-0.25, -0.2) is 0 Å². The van der Waals surface area contributed by atoms with E-state index in [1.807, 2.05) is 18.0 Å². The lowest BCUT2D eigenvalue weighted by Gasteiger charge is -2.28. The van der Waals surface area contributed by atoms with Crippen LogP contribution in [0.4, 0.5) is 5.69 Å². The minimum atomic E-state index is -0.0787. The normalized spacial score (nSPS) is 11.2. The molecule has 5 nitrogen and oxygen atoms in total. The van der Waals surface area contributed by atoms with E-state index < -0.39 is 0 Å². The van der Waals surface area contributed by atoms with Gasteiger partial charge in [0.15, 0.2) is 0 Å². The van der Waals surface area contributed by atoms with E-state index in [1.54, 1.807) is 24.3 Å². The van der Waals surface area contributed by atoms with Crippen LogP contribution in [-0.4, -0.2) is 37.5 Å². The largest absolute Gasteiger partial charge is 0.330 e. The molecule has 0 heterocycles. The van der Waals surface area contributed by atoms with Crippen molar-refractivity contribution in [2.24, 2.45) is 11.1 Å². The van der Waals surface area contributed by atoms with Crippen LogP contribution in [-0.2, 0) is 4.79 Å². The molecule has 108 valence electrons. The first-order valence-electron chi connectivity index (χ1n) is 6.55. The minimum absolute atomic E-state index is 0.0104. The molecule has 0 aliphatic heterocycles. The summed E-state index contributed by atoms with van der Waals surface area (Å²) >= 11 is 0. The molecule has 0 aliphatic carbocycles. The Labute approximate surface area is 120 Å². The number of rotatable bonds is 6. The molecule has 1 amide bonds. The van der Waals surface area contributed by atoms with Gasteiger partial charge in [0.1, 0.15) is 0 Å². The molecule has 1 aromatic rings. The number of benzene rings is 1. The zero-order valence-electron chi connectivity index (χ0n) is 12.3. The number of nitrogens with two attached hydrogens (primary N) is 1. The van der Waals surface area contributed by atoms with Crippen LogP contribution in [0.2, 0.25) is 0 Å². The first-order chi connectivity index (χ1) is 9.36. The number of anilines is 1. The topological polar surface area (TPSA) is 82.2 Å². The van der Waals surface area contributed by atoms with Crippen molar-refractivity contribution in [3.63, 3.8) is 0 Å². The zero-order valence-corrected chi connectivity index (χ0v) is 12.3. The Morgan fingerprint density at radius 2 is 2.00 bits per heavy atom. The zero-order chi connectivity index (χ0) is 15.2. The van der Waals surface area contributed by atoms with Crippen LogP contribution in [0.1, 0.15) is 19.4 Å². The van der Waals surface area contributed by atoms with Crippen LogP contribution >= 0.6 is 0 Å². The molecule has 5 heteroatoms. The molecule has 20 heavy (non-hydrogen) atoms. The van der Waals surface area contributed by atoms with Crippen molar-refractivity contribution in [3.05, 3.63) is 29.8 Å². The summed E-state index contributed by atoms with van der Waals surface area (Å²) in [7, 11) is 1.90. The number of likely N-dealkylation sites (N-methyl/N-ethyl adjacent to an activating group) is 1. The predicted octanol–water partition coefficient (Wildman–Crippen LogP) is 1.41. The Kier molecular flexibility index (Phi) is 5.68. The second kappa shape index (κ2) is 7.04. The summed E-state index contributed by atoms with van der Waals surface area (Å²) in [5.74, 6) is -0.0787. The van der Waals surface area contributed by atoms with Crippen molar-refractivity contribution in [1.29, 1.82) is 5.26 Å². The van der Waals surface area contributed by atoms with E-state index in [-0.39, 0.29) is 11.3 Å². The smallest absolute Gasteiger partial charge is 0.238 e. The molecule has 0 unspecified atom stereocenters. The standard InChI is InChI=1S/C15H22N4O/c1-15(2,10-17)11-19(3)9-14(20)18-13-6-4-12(8-16)5-7-13/h4-7H,9-11,17H2,1-3H3,(H,18,20). The van der Waals surface area contributed by atoms with Crippen LogP contribution in [0.15, 0.2) is 24.3 Å². The fraction of sp³-hybridized carbons (Fsp3) is 0.467. The van der Waals surface area contributed by atoms with Gasteiger partial charge in [0.2, 0.25) is 5.91 Å². The first-order valence-corrected chi connectivity index (χ1v) is 6.55. The van der Waals surface area contributed by atoms with E-state index in [1.165, 1.54) is 0 Å². The average molecular weight is 274 g/mol. The van der Waals surface area contributed by atoms with Crippen LogP contribution in [0.3, 0.4) is 0 Å². The first kappa shape index (κ1) is 16.2. The third kappa shape index (κ3) is 5.39.